The molecule has 2 aliphatic heterocycles. The van der Waals surface area contributed by atoms with Crippen molar-refractivity contribution in [2.24, 2.45) is 5.92 Å². The van der Waals surface area contributed by atoms with E-state index in [1.165, 1.54) is 0 Å². The van der Waals surface area contributed by atoms with Crippen molar-refractivity contribution in [3.63, 3.8) is 0 Å². The average molecular weight is 358 g/mol. The summed E-state index contributed by atoms with van der Waals surface area (Å²) >= 11 is 0. The molecule has 2 aromatic rings. The second-order valence-corrected chi connectivity index (χ2v) is 7.21. The van der Waals surface area contributed by atoms with Crippen LogP contribution in [0.4, 0.5) is 0 Å². The van der Waals surface area contributed by atoms with Gasteiger partial charge in [-0.05, 0) is 24.8 Å². The predicted octanol–water partition coefficient (Wildman–Crippen LogP) is 1.86. The minimum atomic E-state index is 0.0808. The van der Waals surface area contributed by atoms with E-state index in [0.29, 0.717) is 11.5 Å². The van der Waals surface area contributed by atoms with Crippen molar-refractivity contribution in [2.45, 2.75) is 25.9 Å². The first-order valence-corrected chi connectivity index (χ1v) is 9.40. The molecule has 2 aromatic heterocycles. The van der Waals surface area contributed by atoms with Crippen LogP contribution in [0, 0.1) is 5.92 Å². The third kappa shape index (κ3) is 4.16. The smallest absolute Gasteiger partial charge is 0.257 e. The molecule has 26 heavy (non-hydrogen) atoms. The first kappa shape index (κ1) is 17.3. The van der Waals surface area contributed by atoms with E-state index in [1.54, 1.807) is 12.5 Å². The molecule has 0 aliphatic carbocycles. The summed E-state index contributed by atoms with van der Waals surface area (Å²) in [7, 11) is 0. The third-order valence-corrected chi connectivity index (χ3v) is 5.22. The SMILES string of the molecule is O=C(c1coc(CN2CCOCC2)c1)N1CCC[C@H](Cn2ccnc2)C1. The summed E-state index contributed by atoms with van der Waals surface area (Å²) in [5, 5.41) is 0. The average Bonchev–Trinajstić information content (AvgIpc) is 3.34. The Morgan fingerprint density at radius 2 is 2.15 bits per heavy atom. The van der Waals surface area contributed by atoms with Gasteiger partial charge in [-0.1, -0.05) is 0 Å². The molecular formula is C19H26N4O3. The third-order valence-electron chi connectivity index (χ3n) is 5.22. The first-order chi connectivity index (χ1) is 12.8. The van der Waals surface area contributed by atoms with Gasteiger partial charge in [-0.15, -0.1) is 0 Å². The van der Waals surface area contributed by atoms with Crippen molar-refractivity contribution < 1.29 is 13.9 Å². The number of carbonyl (C=O) groups is 1. The number of morpholine rings is 1. The van der Waals surface area contributed by atoms with Gasteiger partial charge >= 0.3 is 0 Å². The highest BCUT2D eigenvalue weighted by Gasteiger charge is 2.26. The number of amides is 1. The van der Waals surface area contributed by atoms with Crippen LogP contribution < -0.4 is 0 Å². The summed E-state index contributed by atoms with van der Waals surface area (Å²) in [5.41, 5.74) is 0.663. The lowest BCUT2D eigenvalue weighted by molar-refractivity contribution is 0.0313. The Kier molecular flexibility index (Phi) is 5.36. The van der Waals surface area contributed by atoms with Crippen molar-refractivity contribution in [3.8, 4) is 0 Å². The fourth-order valence-corrected chi connectivity index (χ4v) is 3.83. The van der Waals surface area contributed by atoms with Gasteiger partial charge in [-0.2, -0.15) is 0 Å². The number of furan rings is 1. The van der Waals surface area contributed by atoms with E-state index in [2.05, 4.69) is 14.5 Å². The standard InChI is InChI=1S/C19H26N4O3/c24-19(17-10-18(26-14-17)13-21-6-8-25-9-7-21)23-4-1-2-16(12-23)11-22-5-3-20-15-22/h3,5,10,14-16H,1-2,4,6-9,11-13H2/t16-/m1/s1. The zero-order valence-electron chi connectivity index (χ0n) is 15.0. The van der Waals surface area contributed by atoms with E-state index in [9.17, 15) is 4.79 Å². The molecule has 0 unspecified atom stereocenters. The molecule has 1 atom stereocenters. The zero-order valence-corrected chi connectivity index (χ0v) is 15.0. The van der Waals surface area contributed by atoms with Crippen LogP contribution in [0.15, 0.2) is 35.5 Å². The van der Waals surface area contributed by atoms with Crippen LogP contribution in [0.5, 0.6) is 0 Å². The van der Waals surface area contributed by atoms with Crippen LogP contribution in [0.3, 0.4) is 0 Å². The van der Waals surface area contributed by atoms with Gasteiger partial charge in [0.2, 0.25) is 0 Å². The number of carbonyl (C=O) groups excluding carboxylic acids is 1. The van der Waals surface area contributed by atoms with Crippen molar-refractivity contribution in [1.82, 2.24) is 19.4 Å². The minimum Gasteiger partial charge on any atom is -0.467 e. The van der Waals surface area contributed by atoms with E-state index >= 15 is 0 Å². The van der Waals surface area contributed by atoms with Crippen molar-refractivity contribution in [3.05, 3.63) is 42.4 Å². The van der Waals surface area contributed by atoms with E-state index in [4.69, 9.17) is 9.15 Å². The number of hydrogen-bond acceptors (Lipinski definition) is 5. The van der Waals surface area contributed by atoms with Gasteiger partial charge < -0.3 is 18.6 Å². The molecule has 140 valence electrons. The van der Waals surface area contributed by atoms with Crippen LogP contribution in [-0.2, 0) is 17.8 Å². The number of imidazole rings is 1. The molecule has 7 nitrogen and oxygen atoms in total. The fourth-order valence-electron chi connectivity index (χ4n) is 3.83. The summed E-state index contributed by atoms with van der Waals surface area (Å²) < 4.78 is 13.1. The number of nitrogens with zero attached hydrogens (tertiary/aromatic N) is 4. The molecule has 7 heteroatoms. The Balaban J connectivity index is 1.34. The summed E-state index contributed by atoms with van der Waals surface area (Å²) in [6, 6.07) is 1.90. The molecule has 0 bridgehead atoms. The maximum Gasteiger partial charge on any atom is 0.257 e. The topological polar surface area (TPSA) is 63.7 Å². The number of aromatic nitrogens is 2. The highest BCUT2D eigenvalue weighted by atomic mass is 16.5. The Labute approximate surface area is 153 Å². The lowest BCUT2D eigenvalue weighted by Crippen LogP contribution is -2.40. The molecule has 0 radical (unpaired) electrons. The van der Waals surface area contributed by atoms with Crippen LogP contribution >= 0.6 is 0 Å². The van der Waals surface area contributed by atoms with Gasteiger partial charge in [0.1, 0.15) is 12.0 Å². The molecule has 4 rings (SSSR count). The Morgan fingerprint density at radius 3 is 2.96 bits per heavy atom. The summed E-state index contributed by atoms with van der Waals surface area (Å²) in [6.45, 7) is 6.61. The number of ether oxygens (including phenoxy) is 1. The molecule has 0 saturated carbocycles. The van der Waals surface area contributed by atoms with Gasteiger partial charge in [0, 0.05) is 45.1 Å². The Hall–Kier alpha value is -2.12. The van der Waals surface area contributed by atoms with Gasteiger partial charge in [0.05, 0.1) is 31.6 Å². The molecule has 2 saturated heterocycles. The van der Waals surface area contributed by atoms with Gasteiger partial charge in [-0.25, -0.2) is 4.98 Å². The predicted molar refractivity (Wildman–Crippen MR) is 95.7 cm³/mol. The molecular weight excluding hydrogens is 332 g/mol. The van der Waals surface area contributed by atoms with E-state index < -0.39 is 0 Å². The fraction of sp³-hybridized carbons (Fsp3) is 0.579. The van der Waals surface area contributed by atoms with Gasteiger partial charge in [0.25, 0.3) is 5.91 Å². The van der Waals surface area contributed by atoms with Gasteiger partial charge in [0.15, 0.2) is 0 Å². The molecule has 2 aliphatic rings. The summed E-state index contributed by atoms with van der Waals surface area (Å²) in [5.74, 6) is 1.40. The Morgan fingerprint density at radius 1 is 1.27 bits per heavy atom. The van der Waals surface area contributed by atoms with Crippen LogP contribution in [0.25, 0.3) is 0 Å². The molecule has 0 spiro atoms. The number of likely N-dealkylation sites (tertiary alicyclic amines) is 1. The van der Waals surface area contributed by atoms with Crippen molar-refractivity contribution >= 4 is 5.91 Å². The first-order valence-electron chi connectivity index (χ1n) is 9.40. The summed E-state index contributed by atoms with van der Waals surface area (Å²) in [6.07, 6.45) is 9.42. The quantitative estimate of drug-likeness (QED) is 0.816. The van der Waals surface area contributed by atoms with E-state index in [-0.39, 0.29) is 5.91 Å². The molecule has 0 N–H and O–H groups in total. The normalized spacial score (nSPS) is 21.8. The minimum absolute atomic E-state index is 0.0808. The zero-order chi connectivity index (χ0) is 17.8. The monoisotopic (exact) mass is 358 g/mol. The molecule has 1 amide bonds. The highest BCUT2D eigenvalue weighted by molar-refractivity contribution is 5.94. The molecule has 4 heterocycles. The molecule has 0 aromatic carbocycles. The number of piperidine rings is 1. The lowest BCUT2D eigenvalue weighted by atomic mass is 9.97. The maximum atomic E-state index is 12.9. The lowest BCUT2D eigenvalue weighted by Gasteiger charge is -2.32. The number of rotatable bonds is 5. The maximum absolute atomic E-state index is 12.9. The van der Waals surface area contributed by atoms with E-state index in [0.717, 1.165) is 71.1 Å². The van der Waals surface area contributed by atoms with Crippen molar-refractivity contribution in [2.75, 3.05) is 39.4 Å². The number of hydrogen-bond donors (Lipinski definition) is 0. The molecule has 2 fully saturated rings. The van der Waals surface area contributed by atoms with Crippen LogP contribution in [0.1, 0.15) is 29.0 Å². The van der Waals surface area contributed by atoms with Gasteiger partial charge in [-0.3, -0.25) is 9.69 Å². The largest absolute Gasteiger partial charge is 0.467 e. The van der Waals surface area contributed by atoms with Crippen molar-refractivity contribution in [1.29, 1.82) is 0 Å². The van der Waals surface area contributed by atoms with E-state index in [1.807, 2.05) is 23.5 Å². The Bertz CT molecular complexity index is 706. The second kappa shape index (κ2) is 8.05. The summed E-state index contributed by atoms with van der Waals surface area (Å²) in [4.78, 5) is 21.2. The second-order valence-electron chi connectivity index (χ2n) is 7.21. The van der Waals surface area contributed by atoms with Crippen LogP contribution in [-0.4, -0.2) is 64.7 Å². The van der Waals surface area contributed by atoms with Crippen LogP contribution in [0.2, 0.25) is 0 Å². The highest BCUT2D eigenvalue weighted by Crippen LogP contribution is 2.21.